The zero-order chi connectivity index (χ0) is 15.0. The van der Waals surface area contributed by atoms with E-state index >= 15 is 0 Å². The minimum absolute atomic E-state index is 0.0354. The van der Waals surface area contributed by atoms with E-state index in [1.54, 1.807) is 0 Å². The summed E-state index contributed by atoms with van der Waals surface area (Å²) >= 11 is 0. The Morgan fingerprint density at radius 1 is 1.20 bits per heavy atom. The summed E-state index contributed by atoms with van der Waals surface area (Å²) in [5.41, 5.74) is 6.17. The molecule has 0 unspecified atom stereocenters. The lowest BCUT2D eigenvalue weighted by molar-refractivity contribution is -0.173. The number of anilines is 1. The highest BCUT2D eigenvalue weighted by Gasteiger charge is 2.27. The number of amidine groups is 1. The molecule has 3 N–H and O–H groups in total. The lowest BCUT2D eigenvalue weighted by Gasteiger charge is -2.24. The Morgan fingerprint density at radius 2 is 1.85 bits per heavy atom. The first kappa shape index (κ1) is 16.3. The molecule has 4 nitrogen and oxygen atoms in total. The number of benzene rings is 1. The maximum absolute atomic E-state index is 12.0. The number of rotatable bonds is 8. The molecule has 0 aliphatic carbocycles. The largest absolute Gasteiger partial charge is 0.411 e. The smallest absolute Gasteiger partial charge is 0.388 e. The SMILES string of the molecule is N=C(N)CCN(CCOCC(F)(F)F)c1ccccc1. The van der Waals surface area contributed by atoms with Crippen molar-refractivity contribution in [3.8, 4) is 0 Å². The second-order valence-electron chi connectivity index (χ2n) is 4.27. The van der Waals surface area contributed by atoms with Crippen molar-refractivity contribution in [1.82, 2.24) is 0 Å². The van der Waals surface area contributed by atoms with Gasteiger partial charge in [0.1, 0.15) is 6.61 Å². The summed E-state index contributed by atoms with van der Waals surface area (Å²) in [4.78, 5) is 1.85. The van der Waals surface area contributed by atoms with Gasteiger partial charge in [-0.25, -0.2) is 0 Å². The number of para-hydroxylation sites is 1. The van der Waals surface area contributed by atoms with Crippen LogP contribution >= 0.6 is 0 Å². The van der Waals surface area contributed by atoms with Crippen molar-refractivity contribution < 1.29 is 17.9 Å². The molecule has 0 radical (unpaired) electrons. The molecular formula is C13H18F3N3O. The molecule has 0 bridgehead atoms. The first-order valence-corrected chi connectivity index (χ1v) is 6.16. The summed E-state index contributed by atoms with van der Waals surface area (Å²) < 4.78 is 40.5. The molecule has 0 saturated heterocycles. The van der Waals surface area contributed by atoms with E-state index in [4.69, 9.17) is 11.1 Å². The molecule has 0 aromatic heterocycles. The maximum atomic E-state index is 12.0. The first-order valence-electron chi connectivity index (χ1n) is 6.16. The predicted octanol–water partition coefficient (Wildman–Crippen LogP) is 2.40. The lowest BCUT2D eigenvalue weighted by Crippen LogP contribution is -2.32. The standard InChI is InChI=1S/C13H18F3N3O/c14-13(15,16)10-20-9-8-19(7-6-12(17)18)11-4-2-1-3-5-11/h1-5H,6-10H2,(H3,17,18). The number of hydrogen-bond acceptors (Lipinski definition) is 3. The molecule has 0 aliphatic rings. The van der Waals surface area contributed by atoms with Crippen LogP contribution in [0.3, 0.4) is 0 Å². The fourth-order valence-electron chi connectivity index (χ4n) is 1.63. The van der Waals surface area contributed by atoms with Gasteiger partial charge in [-0.15, -0.1) is 0 Å². The van der Waals surface area contributed by atoms with E-state index < -0.39 is 12.8 Å². The van der Waals surface area contributed by atoms with Gasteiger partial charge in [0.2, 0.25) is 0 Å². The molecule has 1 rings (SSSR count). The minimum atomic E-state index is -4.31. The molecular weight excluding hydrogens is 271 g/mol. The monoisotopic (exact) mass is 289 g/mol. The number of nitrogens with one attached hydrogen (secondary N) is 1. The van der Waals surface area contributed by atoms with Gasteiger partial charge in [0.15, 0.2) is 0 Å². The molecule has 20 heavy (non-hydrogen) atoms. The Kier molecular flexibility index (Phi) is 6.30. The Balaban J connectivity index is 2.49. The van der Waals surface area contributed by atoms with Crippen LogP contribution < -0.4 is 10.6 Å². The molecule has 1 aromatic rings. The van der Waals surface area contributed by atoms with Crippen LogP contribution in [-0.4, -0.2) is 38.3 Å². The molecule has 7 heteroatoms. The van der Waals surface area contributed by atoms with Gasteiger partial charge >= 0.3 is 6.18 Å². The van der Waals surface area contributed by atoms with Crippen LogP contribution in [0.25, 0.3) is 0 Å². The number of ether oxygens (including phenoxy) is 1. The third-order valence-electron chi connectivity index (χ3n) is 2.54. The Labute approximate surface area is 115 Å². The van der Waals surface area contributed by atoms with Crippen molar-refractivity contribution in [2.75, 3.05) is 31.2 Å². The number of alkyl halides is 3. The van der Waals surface area contributed by atoms with Crippen LogP contribution in [0.5, 0.6) is 0 Å². The van der Waals surface area contributed by atoms with Gasteiger partial charge in [0.25, 0.3) is 0 Å². The summed E-state index contributed by atoms with van der Waals surface area (Å²) in [5, 5.41) is 7.22. The van der Waals surface area contributed by atoms with E-state index in [0.717, 1.165) is 5.69 Å². The van der Waals surface area contributed by atoms with Crippen molar-refractivity contribution in [1.29, 1.82) is 5.41 Å². The van der Waals surface area contributed by atoms with Crippen LogP contribution in [0.15, 0.2) is 30.3 Å². The first-order chi connectivity index (χ1) is 9.38. The van der Waals surface area contributed by atoms with Gasteiger partial charge in [0, 0.05) is 25.2 Å². The summed E-state index contributed by atoms with van der Waals surface area (Å²) in [5.74, 6) is 0.0436. The van der Waals surface area contributed by atoms with Gasteiger partial charge in [-0.1, -0.05) is 18.2 Å². The average molecular weight is 289 g/mol. The van der Waals surface area contributed by atoms with Gasteiger partial charge < -0.3 is 15.4 Å². The second-order valence-corrected chi connectivity index (χ2v) is 4.27. The van der Waals surface area contributed by atoms with Gasteiger partial charge in [0.05, 0.1) is 12.4 Å². The van der Waals surface area contributed by atoms with Crippen molar-refractivity contribution >= 4 is 11.5 Å². The van der Waals surface area contributed by atoms with Gasteiger partial charge in [-0.3, -0.25) is 5.41 Å². The van der Waals surface area contributed by atoms with E-state index in [1.807, 2.05) is 35.2 Å². The highest BCUT2D eigenvalue weighted by molar-refractivity contribution is 5.77. The maximum Gasteiger partial charge on any atom is 0.411 e. The van der Waals surface area contributed by atoms with E-state index in [0.29, 0.717) is 19.5 Å². The summed E-state index contributed by atoms with van der Waals surface area (Å²) in [6, 6.07) is 9.24. The van der Waals surface area contributed by atoms with Crippen LogP contribution in [0, 0.1) is 5.41 Å². The van der Waals surface area contributed by atoms with Crippen molar-refractivity contribution in [3.63, 3.8) is 0 Å². The zero-order valence-electron chi connectivity index (χ0n) is 11.0. The zero-order valence-corrected chi connectivity index (χ0v) is 11.0. The molecule has 0 spiro atoms. The number of halogens is 3. The molecule has 0 saturated carbocycles. The highest BCUT2D eigenvalue weighted by Crippen LogP contribution is 2.16. The predicted molar refractivity (Wildman–Crippen MR) is 72.1 cm³/mol. The molecule has 0 aliphatic heterocycles. The van der Waals surface area contributed by atoms with Crippen LogP contribution in [0.2, 0.25) is 0 Å². The normalized spacial score (nSPS) is 11.3. The van der Waals surface area contributed by atoms with E-state index in [-0.39, 0.29) is 12.4 Å². The average Bonchev–Trinajstić information content (AvgIpc) is 2.37. The minimum Gasteiger partial charge on any atom is -0.388 e. The molecule has 112 valence electrons. The van der Waals surface area contributed by atoms with Crippen molar-refractivity contribution in [3.05, 3.63) is 30.3 Å². The number of hydrogen-bond donors (Lipinski definition) is 2. The molecule has 1 aromatic carbocycles. The summed E-state index contributed by atoms with van der Waals surface area (Å²) in [6.07, 6.45) is -3.95. The molecule has 0 amide bonds. The number of nitrogens with zero attached hydrogens (tertiary/aromatic N) is 1. The second kappa shape index (κ2) is 7.74. The molecule has 0 atom stereocenters. The Hall–Kier alpha value is -1.76. The van der Waals surface area contributed by atoms with E-state index in [2.05, 4.69) is 4.74 Å². The van der Waals surface area contributed by atoms with Crippen LogP contribution in [-0.2, 0) is 4.74 Å². The Bertz CT molecular complexity index is 409. The van der Waals surface area contributed by atoms with Crippen molar-refractivity contribution in [2.45, 2.75) is 12.6 Å². The summed E-state index contributed by atoms with van der Waals surface area (Å²) in [6.45, 7) is -0.503. The molecule has 0 heterocycles. The van der Waals surface area contributed by atoms with Crippen LogP contribution in [0.4, 0.5) is 18.9 Å². The van der Waals surface area contributed by atoms with E-state index in [9.17, 15) is 13.2 Å². The van der Waals surface area contributed by atoms with Crippen LogP contribution in [0.1, 0.15) is 6.42 Å². The summed E-state index contributed by atoms with van der Waals surface area (Å²) in [7, 11) is 0. The lowest BCUT2D eigenvalue weighted by atomic mass is 10.2. The highest BCUT2D eigenvalue weighted by atomic mass is 19.4. The van der Waals surface area contributed by atoms with Gasteiger partial charge in [-0.05, 0) is 12.1 Å². The third-order valence-corrected chi connectivity index (χ3v) is 2.54. The van der Waals surface area contributed by atoms with Crippen molar-refractivity contribution in [2.24, 2.45) is 5.73 Å². The topological polar surface area (TPSA) is 62.3 Å². The fraction of sp³-hybridized carbons (Fsp3) is 0.462. The van der Waals surface area contributed by atoms with E-state index in [1.165, 1.54) is 0 Å². The third kappa shape index (κ3) is 6.98. The number of nitrogens with two attached hydrogens (primary N) is 1. The molecule has 0 fully saturated rings. The fourth-order valence-corrected chi connectivity index (χ4v) is 1.63. The Morgan fingerprint density at radius 3 is 2.40 bits per heavy atom. The van der Waals surface area contributed by atoms with Gasteiger partial charge in [-0.2, -0.15) is 13.2 Å². The quantitative estimate of drug-likeness (QED) is 0.439.